The van der Waals surface area contributed by atoms with E-state index >= 15 is 0 Å². The number of benzene rings is 2. The van der Waals surface area contributed by atoms with Gasteiger partial charge in [-0.3, -0.25) is 0 Å². The molecule has 2 nitrogen and oxygen atoms in total. The number of rotatable bonds is 3. The SMILES string of the molecule is OC(Cc1ccc(Cl)c(Cl)c1)c1cccc2c1OCC2. The van der Waals surface area contributed by atoms with Crippen LogP contribution in [0.1, 0.15) is 22.8 Å². The Balaban J connectivity index is 1.84. The first kappa shape index (κ1) is 13.7. The van der Waals surface area contributed by atoms with Crippen molar-refractivity contribution in [3.8, 4) is 5.75 Å². The summed E-state index contributed by atoms with van der Waals surface area (Å²) in [4.78, 5) is 0. The van der Waals surface area contributed by atoms with E-state index in [-0.39, 0.29) is 0 Å². The average Bonchev–Trinajstić information content (AvgIpc) is 2.91. The van der Waals surface area contributed by atoms with E-state index in [1.807, 2.05) is 24.3 Å². The van der Waals surface area contributed by atoms with Crippen molar-refractivity contribution in [2.24, 2.45) is 0 Å². The van der Waals surface area contributed by atoms with Crippen molar-refractivity contribution in [1.29, 1.82) is 0 Å². The summed E-state index contributed by atoms with van der Waals surface area (Å²) in [6, 6.07) is 11.3. The minimum atomic E-state index is -0.611. The summed E-state index contributed by atoms with van der Waals surface area (Å²) in [7, 11) is 0. The number of fused-ring (bicyclic) bond motifs is 1. The molecule has 1 heterocycles. The maximum Gasteiger partial charge on any atom is 0.128 e. The van der Waals surface area contributed by atoms with Crippen LogP contribution < -0.4 is 4.74 Å². The van der Waals surface area contributed by atoms with Gasteiger partial charge in [-0.15, -0.1) is 0 Å². The van der Waals surface area contributed by atoms with Crippen LogP contribution in [0, 0.1) is 0 Å². The molecule has 0 bridgehead atoms. The summed E-state index contributed by atoms with van der Waals surface area (Å²) in [5.74, 6) is 0.833. The van der Waals surface area contributed by atoms with Crippen LogP contribution in [-0.4, -0.2) is 11.7 Å². The second-order valence-corrected chi connectivity index (χ2v) is 5.72. The first-order chi connectivity index (χ1) is 9.65. The lowest BCUT2D eigenvalue weighted by Gasteiger charge is -2.15. The van der Waals surface area contributed by atoms with Crippen LogP contribution >= 0.6 is 23.2 Å². The molecule has 3 rings (SSSR count). The van der Waals surface area contributed by atoms with E-state index in [9.17, 15) is 5.11 Å². The zero-order chi connectivity index (χ0) is 14.1. The highest BCUT2D eigenvalue weighted by molar-refractivity contribution is 6.42. The van der Waals surface area contributed by atoms with Gasteiger partial charge in [0.1, 0.15) is 5.75 Å². The molecule has 2 aromatic rings. The number of para-hydroxylation sites is 1. The van der Waals surface area contributed by atoms with Crippen LogP contribution in [0.25, 0.3) is 0 Å². The number of hydrogen-bond donors (Lipinski definition) is 1. The highest BCUT2D eigenvalue weighted by atomic mass is 35.5. The predicted octanol–water partition coefficient (Wildman–Crippen LogP) is 4.20. The van der Waals surface area contributed by atoms with E-state index in [2.05, 4.69) is 0 Å². The molecular weight excluding hydrogens is 295 g/mol. The van der Waals surface area contributed by atoms with E-state index in [1.54, 1.807) is 12.1 Å². The Morgan fingerprint density at radius 1 is 1.15 bits per heavy atom. The Morgan fingerprint density at radius 2 is 2.00 bits per heavy atom. The van der Waals surface area contributed by atoms with E-state index < -0.39 is 6.10 Å². The van der Waals surface area contributed by atoms with Crippen molar-refractivity contribution in [2.45, 2.75) is 18.9 Å². The topological polar surface area (TPSA) is 29.5 Å². The minimum absolute atomic E-state index is 0.483. The maximum atomic E-state index is 10.4. The molecule has 1 unspecified atom stereocenters. The highest BCUT2D eigenvalue weighted by Crippen LogP contribution is 2.35. The largest absolute Gasteiger partial charge is 0.493 e. The molecule has 0 saturated carbocycles. The predicted molar refractivity (Wildman–Crippen MR) is 80.8 cm³/mol. The van der Waals surface area contributed by atoms with Gasteiger partial charge in [0.25, 0.3) is 0 Å². The summed E-state index contributed by atoms with van der Waals surface area (Å²) < 4.78 is 5.62. The van der Waals surface area contributed by atoms with E-state index in [0.29, 0.717) is 23.1 Å². The van der Waals surface area contributed by atoms with Crippen molar-refractivity contribution in [3.05, 3.63) is 63.1 Å². The molecule has 1 aliphatic heterocycles. The molecule has 104 valence electrons. The lowest BCUT2D eigenvalue weighted by atomic mass is 9.98. The van der Waals surface area contributed by atoms with Crippen molar-refractivity contribution in [3.63, 3.8) is 0 Å². The normalized spacial score (nSPS) is 14.8. The van der Waals surface area contributed by atoms with E-state index in [4.69, 9.17) is 27.9 Å². The summed E-state index contributed by atoms with van der Waals surface area (Å²) >= 11 is 11.9. The second kappa shape index (κ2) is 5.65. The van der Waals surface area contributed by atoms with Crippen molar-refractivity contribution in [1.82, 2.24) is 0 Å². The van der Waals surface area contributed by atoms with Gasteiger partial charge in [0.05, 0.1) is 22.8 Å². The monoisotopic (exact) mass is 308 g/mol. The zero-order valence-corrected chi connectivity index (χ0v) is 12.3. The van der Waals surface area contributed by atoms with Gasteiger partial charge in [-0.25, -0.2) is 0 Å². The second-order valence-electron chi connectivity index (χ2n) is 4.90. The third kappa shape index (κ3) is 2.64. The van der Waals surface area contributed by atoms with Gasteiger partial charge >= 0.3 is 0 Å². The van der Waals surface area contributed by atoms with Crippen molar-refractivity contribution < 1.29 is 9.84 Å². The standard InChI is InChI=1S/C16H14Cl2O2/c17-13-5-4-10(8-14(13)18)9-15(19)12-3-1-2-11-6-7-20-16(11)12/h1-5,8,15,19H,6-7,9H2. The Hall–Kier alpha value is -1.22. The van der Waals surface area contributed by atoms with Gasteiger partial charge < -0.3 is 9.84 Å². The van der Waals surface area contributed by atoms with Gasteiger partial charge in [0.15, 0.2) is 0 Å². The first-order valence-corrected chi connectivity index (χ1v) is 7.27. The van der Waals surface area contributed by atoms with Crippen molar-refractivity contribution in [2.75, 3.05) is 6.61 Å². The quantitative estimate of drug-likeness (QED) is 0.920. The Labute approximate surface area is 127 Å². The van der Waals surface area contributed by atoms with Gasteiger partial charge in [-0.2, -0.15) is 0 Å². The number of halogens is 2. The lowest BCUT2D eigenvalue weighted by Crippen LogP contribution is -2.04. The van der Waals surface area contributed by atoms with Crippen LogP contribution in [0.4, 0.5) is 0 Å². The number of aliphatic hydroxyl groups excluding tert-OH is 1. The molecular formula is C16H14Cl2O2. The van der Waals surface area contributed by atoms with Crippen LogP contribution in [0.3, 0.4) is 0 Å². The average molecular weight is 309 g/mol. The Kier molecular flexibility index (Phi) is 3.88. The summed E-state index contributed by atoms with van der Waals surface area (Å²) in [5, 5.41) is 11.5. The van der Waals surface area contributed by atoms with E-state index in [0.717, 1.165) is 28.9 Å². The van der Waals surface area contributed by atoms with Crippen LogP contribution in [0.2, 0.25) is 10.0 Å². The fraction of sp³-hybridized carbons (Fsp3) is 0.250. The molecule has 0 radical (unpaired) electrons. The Bertz CT molecular complexity index is 640. The van der Waals surface area contributed by atoms with Crippen LogP contribution in [0.15, 0.2) is 36.4 Å². The van der Waals surface area contributed by atoms with Gasteiger partial charge in [0, 0.05) is 18.4 Å². The summed E-state index contributed by atoms with van der Waals surface area (Å²) in [6.07, 6.45) is 0.777. The molecule has 0 amide bonds. The van der Waals surface area contributed by atoms with Crippen molar-refractivity contribution >= 4 is 23.2 Å². The summed E-state index contributed by atoms with van der Waals surface area (Å²) in [5.41, 5.74) is 2.95. The maximum absolute atomic E-state index is 10.4. The number of aliphatic hydroxyl groups is 1. The molecule has 2 aromatic carbocycles. The third-order valence-corrected chi connectivity index (χ3v) is 4.26. The molecule has 0 aliphatic carbocycles. The number of ether oxygens (including phenoxy) is 1. The number of hydrogen-bond acceptors (Lipinski definition) is 2. The molecule has 0 fully saturated rings. The zero-order valence-electron chi connectivity index (χ0n) is 10.8. The van der Waals surface area contributed by atoms with Crippen LogP contribution in [0.5, 0.6) is 5.75 Å². The van der Waals surface area contributed by atoms with Gasteiger partial charge in [-0.1, -0.05) is 47.5 Å². The highest BCUT2D eigenvalue weighted by Gasteiger charge is 2.21. The molecule has 1 N–H and O–H groups in total. The lowest BCUT2D eigenvalue weighted by molar-refractivity contribution is 0.173. The molecule has 0 spiro atoms. The molecule has 4 heteroatoms. The fourth-order valence-electron chi connectivity index (χ4n) is 2.50. The first-order valence-electron chi connectivity index (χ1n) is 6.52. The molecule has 0 saturated heterocycles. The van der Waals surface area contributed by atoms with Crippen LogP contribution in [-0.2, 0) is 12.8 Å². The van der Waals surface area contributed by atoms with Gasteiger partial charge in [0.2, 0.25) is 0 Å². The van der Waals surface area contributed by atoms with E-state index in [1.165, 1.54) is 0 Å². The molecule has 20 heavy (non-hydrogen) atoms. The smallest absolute Gasteiger partial charge is 0.128 e. The minimum Gasteiger partial charge on any atom is -0.493 e. The molecule has 0 aromatic heterocycles. The third-order valence-electron chi connectivity index (χ3n) is 3.52. The van der Waals surface area contributed by atoms with Gasteiger partial charge in [-0.05, 0) is 23.3 Å². The molecule has 1 aliphatic rings. The molecule has 1 atom stereocenters. The fourth-order valence-corrected chi connectivity index (χ4v) is 2.82. The Morgan fingerprint density at radius 3 is 2.80 bits per heavy atom. The summed E-state index contributed by atoms with van der Waals surface area (Å²) in [6.45, 7) is 0.686.